The van der Waals surface area contributed by atoms with E-state index in [1.165, 1.54) is 29.2 Å². The van der Waals surface area contributed by atoms with Gasteiger partial charge in [0.15, 0.2) is 0 Å². The van der Waals surface area contributed by atoms with Gasteiger partial charge in [-0.1, -0.05) is 12.1 Å². The van der Waals surface area contributed by atoms with E-state index in [0.717, 1.165) is 0 Å². The van der Waals surface area contributed by atoms with Crippen LogP contribution in [-0.4, -0.2) is 14.5 Å². The fourth-order valence-electron chi connectivity index (χ4n) is 1.20. The van der Waals surface area contributed by atoms with Crippen LogP contribution in [0.5, 0.6) is 0 Å². The Hall–Kier alpha value is -2.24. The first-order valence-corrected chi connectivity index (χ1v) is 4.12. The fraction of sp³-hybridized carbons (Fsp3) is 0. The van der Waals surface area contributed by atoms with Crippen LogP contribution in [0, 0.1) is 15.9 Å². The molecule has 2 rings (SSSR count). The number of imidazole rings is 1. The van der Waals surface area contributed by atoms with Crippen LogP contribution >= 0.6 is 0 Å². The first kappa shape index (κ1) is 9.32. The minimum absolute atomic E-state index is 0.234. The van der Waals surface area contributed by atoms with Crippen LogP contribution in [0.25, 0.3) is 5.69 Å². The van der Waals surface area contributed by atoms with E-state index in [2.05, 4.69) is 4.98 Å². The monoisotopic (exact) mass is 207 g/mol. The molecule has 0 saturated heterocycles. The molecule has 0 aliphatic rings. The van der Waals surface area contributed by atoms with Crippen LogP contribution in [0.1, 0.15) is 0 Å². The average Bonchev–Trinajstić information content (AvgIpc) is 2.67. The molecule has 0 atom stereocenters. The maximum atomic E-state index is 13.3. The molecule has 0 aliphatic carbocycles. The van der Waals surface area contributed by atoms with Crippen molar-refractivity contribution in [2.45, 2.75) is 0 Å². The van der Waals surface area contributed by atoms with Crippen molar-refractivity contribution < 1.29 is 9.31 Å². The van der Waals surface area contributed by atoms with Crippen LogP contribution in [0.3, 0.4) is 0 Å². The van der Waals surface area contributed by atoms with E-state index in [9.17, 15) is 14.5 Å². The van der Waals surface area contributed by atoms with Gasteiger partial charge in [-0.05, 0) is 22.0 Å². The number of nitrogens with zero attached hydrogens (tertiary/aromatic N) is 3. The second-order valence-corrected chi connectivity index (χ2v) is 2.85. The van der Waals surface area contributed by atoms with Crippen molar-refractivity contribution in [3.8, 4) is 5.69 Å². The minimum Gasteiger partial charge on any atom is -0.358 e. The molecule has 0 aliphatic heterocycles. The summed E-state index contributed by atoms with van der Waals surface area (Å²) >= 11 is 0. The molecule has 6 heteroatoms. The summed E-state index contributed by atoms with van der Waals surface area (Å²) in [5, 5.41) is 10.4. The summed E-state index contributed by atoms with van der Waals surface area (Å²) in [4.78, 5) is 13.3. The third-order valence-corrected chi connectivity index (χ3v) is 1.89. The molecular formula is C9H6FN3O2. The number of halogens is 1. The van der Waals surface area contributed by atoms with Crippen LogP contribution in [0.4, 0.5) is 10.2 Å². The van der Waals surface area contributed by atoms with Crippen molar-refractivity contribution >= 4 is 5.82 Å². The second-order valence-electron chi connectivity index (χ2n) is 2.85. The SMILES string of the molecule is O=[N+]([O-])c1cn(-c2ccccc2F)cn1. The van der Waals surface area contributed by atoms with Crippen molar-refractivity contribution in [2.24, 2.45) is 0 Å². The number of hydrogen-bond donors (Lipinski definition) is 0. The summed E-state index contributed by atoms with van der Waals surface area (Å²) in [6.07, 6.45) is 2.37. The van der Waals surface area contributed by atoms with E-state index >= 15 is 0 Å². The van der Waals surface area contributed by atoms with E-state index in [0.29, 0.717) is 0 Å². The summed E-state index contributed by atoms with van der Waals surface area (Å²) in [7, 11) is 0. The third-order valence-electron chi connectivity index (χ3n) is 1.89. The molecule has 2 aromatic rings. The number of rotatable bonds is 2. The zero-order chi connectivity index (χ0) is 10.8. The zero-order valence-corrected chi connectivity index (χ0v) is 7.50. The highest BCUT2D eigenvalue weighted by Gasteiger charge is 2.12. The topological polar surface area (TPSA) is 61.0 Å². The molecule has 0 radical (unpaired) electrons. The Kier molecular flexibility index (Phi) is 2.17. The van der Waals surface area contributed by atoms with Crippen molar-refractivity contribution in [2.75, 3.05) is 0 Å². The molecule has 0 amide bonds. The molecule has 5 nitrogen and oxygen atoms in total. The molecule has 0 fully saturated rings. The van der Waals surface area contributed by atoms with Crippen molar-refractivity contribution in [3.05, 3.63) is 52.7 Å². The molecule has 0 bridgehead atoms. The maximum absolute atomic E-state index is 13.3. The molecule has 0 N–H and O–H groups in total. The predicted molar refractivity (Wildman–Crippen MR) is 50.2 cm³/mol. The molecule has 76 valence electrons. The Morgan fingerprint density at radius 3 is 2.73 bits per heavy atom. The van der Waals surface area contributed by atoms with E-state index < -0.39 is 10.7 Å². The number of hydrogen-bond acceptors (Lipinski definition) is 3. The number of aromatic nitrogens is 2. The smallest absolute Gasteiger partial charge is 0.358 e. The third kappa shape index (κ3) is 1.69. The van der Waals surface area contributed by atoms with E-state index in [-0.39, 0.29) is 11.5 Å². The lowest BCUT2D eigenvalue weighted by atomic mass is 10.3. The highest BCUT2D eigenvalue weighted by Crippen LogP contribution is 2.15. The van der Waals surface area contributed by atoms with Gasteiger partial charge in [0.2, 0.25) is 6.33 Å². The highest BCUT2D eigenvalue weighted by atomic mass is 19.1. The summed E-state index contributed by atoms with van der Waals surface area (Å²) < 4.78 is 14.5. The van der Waals surface area contributed by atoms with E-state index in [1.807, 2.05) is 0 Å². The van der Waals surface area contributed by atoms with Gasteiger partial charge in [-0.25, -0.2) is 4.39 Å². The predicted octanol–water partition coefficient (Wildman–Crippen LogP) is 1.92. The molecule has 0 unspecified atom stereocenters. The first-order valence-electron chi connectivity index (χ1n) is 4.12. The van der Waals surface area contributed by atoms with E-state index in [1.54, 1.807) is 12.1 Å². The molecular weight excluding hydrogens is 201 g/mol. The lowest BCUT2D eigenvalue weighted by Crippen LogP contribution is -1.93. The van der Waals surface area contributed by atoms with Crippen LogP contribution < -0.4 is 0 Å². The Morgan fingerprint density at radius 2 is 2.13 bits per heavy atom. The lowest BCUT2D eigenvalue weighted by molar-refractivity contribution is -0.389. The van der Waals surface area contributed by atoms with Gasteiger partial charge in [0.05, 0.1) is 5.69 Å². The zero-order valence-electron chi connectivity index (χ0n) is 7.50. The fourth-order valence-corrected chi connectivity index (χ4v) is 1.20. The summed E-state index contributed by atoms with van der Waals surface area (Å²) in [6, 6.07) is 5.98. The van der Waals surface area contributed by atoms with Crippen molar-refractivity contribution in [1.82, 2.24) is 9.55 Å². The van der Waals surface area contributed by atoms with Crippen LogP contribution in [0.15, 0.2) is 36.8 Å². The van der Waals surface area contributed by atoms with Crippen LogP contribution in [0.2, 0.25) is 0 Å². The van der Waals surface area contributed by atoms with Crippen molar-refractivity contribution in [3.63, 3.8) is 0 Å². The molecule has 0 saturated carbocycles. The van der Waals surface area contributed by atoms with Gasteiger partial charge in [0.25, 0.3) is 0 Å². The quantitative estimate of drug-likeness (QED) is 0.558. The van der Waals surface area contributed by atoms with Crippen molar-refractivity contribution in [1.29, 1.82) is 0 Å². The lowest BCUT2D eigenvalue weighted by Gasteiger charge is -2.00. The summed E-state index contributed by atoms with van der Waals surface area (Å²) in [5.41, 5.74) is 0.234. The van der Waals surface area contributed by atoms with Gasteiger partial charge in [-0.15, -0.1) is 0 Å². The first-order chi connectivity index (χ1) is 7.18. The number of nitro groups is 1. The molecule has 1 aromatic carbocycles. The Balaban J connectivity index is 2.46. The standard InChI is InChI=1S/C9H6FN3O2/c10-7-3-1-2-4-8(7)12-5-9(11-6-12)13(14)15/h1-6H. The minimum atomic E-state index is -0.628. The largest absolute Gasteiger partial charge is 0.381 e. The Labute approximate surface area is 83.9 Å². The Morgan fingerprint density at radius 1 is 1.40 bits per heavy atom. The van der Waals surface area contributed by atoms with Gasteiger partial charge in [0, 0.05) is 0 Å². The Bertz CT molecular complexity index is 510. The highest BCUT2D eigenvalue weighted by molar-refractivity contribution is 5.35. The van der Waals surface area contributed by atoms with Gasteiger partial charge >= 0.3 is 5.82 Å². The molecule has 15 heavy (non-hydrogen) atoms. The summed E-state index contributed by atoms with van der Waals surface area (Å²) in [6.45, 7) is 0. The van der Waals surface area contributed by atoms with Gasteiger partial charge < -0.3 is 10.1 Å². The maximum Gasteiger partial charge on any atom is 0.381 e. The second kappa shape index (κ2) is 3.49. The molecule has 1 aromatic heterocycles. The average molecular weight is 207 g/mol. The van der Waals surface area contributed by atoms with Gasteiger partial charge in [0.1, 0.15) is 12.0 Å². The summed E-state index contributed by atoms with van der Waals surface area (Å²) in [5.74, 6) is -0.761. The normalized spacial score (nSPS) is 10.2. The van der Waals surface area contributed by atoms with Gasteiger partial charge in [-0.3, -0.25) is 4.57 Å². The number of para-hydroxylation sites is 1. The van der Waals surface area contributed by atoms with Crippen LogP contribution in [-0.2, 0) is 0 Å². The molecule has 0 spiro atoms. The molecule has 1 heterocycles. The van der Waals surface area contributed by atoms with Gasteiger partial charge in [-0.2, -0.15) is 0 Å². The number of benzene rings is 1. The van der Waals surface area contributed by atoms with E-state index in [4.69, 9.17) is 0 Å².